The number of benzene rings is 2. The van der Waals surface area contributed by atoms with Crippen LogP contribution >= 0.6 is 23.2 Å². The topological polar surface area (TPSA) is 132 Å². The molecule has 3 aromatic rings. The first kappa shape index (κ1) is 29.6. The van der Waals surface area contributed by atoms with Gasteiger partial charge < -0.3 is 10.1 Å². The number of nitrogens with one attached hydrogen (secondary N) is 2. The van der Waals surface area contributed by atoms with E-state index in [4.69, 9.17) is 27.9 Å². The van der Waals surface area contributed by atoms with Crippen LogP contribution in [-0.2, 0) is 37.4 Å². The smallest absolute Gasteiger partial charge is 0.318 e. The van der Waals surface area contributed by atoms with Crippen molar-refractivity contribution < 1.29 is 22.7 Å². The number of ether oxygens (including phenoxy) is 1. The van der Waals surface area contributed by atoms with Gasteiger partial charge in [0, 0.05) is 5.69 Å². The van der Waals surface area contributed by atoms with Crippen LogP contribution in [0.2, 0.25) is 10.0 Å². The van der Waals surface area contributed by atoms with Crippen molar-refractivity contribution in [2.45, 2.75) is 45.2 Å². The Balaban J connectivity index is 1.57. The molecule has 0 radical (unpaired) electrons. The van der Waals surface area contributed by atoms with Gasteiger partial charge in [0.05, 0.1) is 46.5 Å². The number of esters is 1. The number of hydrogen-bond donors (Lipinski definition) is 2. The molecule has 38 heavy (non-hydrogen) atoms. The van der Waals surface area contributed by atoms with Gasteiger partial charge in [0.15, 0.2) is 0 Å². The Bertz CT molecular complexity index is 1380. The van der Waals surface area contributed by atoms with E-state index >= 15 is 0 Å². The number of carbonyl (C=O) groups is 2. The Labute approximate surface area is 231 Å². The lowest BCUT2D eigenvalue weighted by molar-refractivity contribution is -0.151. The second-order valence-corrected chi connectivity index (χ2v) is 11.5. The number of nitrogens with zero attached hydrogens (tertiary/aromatic N) is 3. The maximum absolute atomic E-state index is 12.7. The summed E-state index contributed by atoms with van der Waals surface area (Å²) in [6, 6.07) is 11.1. The Morgan fingerprint density at radius 2 is 1.79 bits per heavy atom. The minimum absolute atomic E-state index is 0.00995. The molecule has 2 aromatic carbocycles. The standard InChI is InChI=1S/C25H29Cl2N5O5S/c1-4-37-25(34)21(11-16(2)3)24(33)29-18-7-5-17(6-8-18)14-32-15-19(30-31-32)13-28-38(35,36)20-9-10-22(26)23(27)12-20/h5-10,12,15-16,21,28H,4,11,13-14H2,1-3H3,(H,29,33). The lowest BCUT2D eigenvalue weighted by atomic mass is 9.96. The third kappa shape index (κ3) is 8.26. The highest BCUT2D eigenvalue weighted by molar-refractivity contribution is 7.89. The summed E-state index contributed by atoms with van der Waals surface area (Å²) in [4.78, 5) is 24.9. The zero-order valence-electron chi connectivity index (χ0n) is 21.1. The number of rotatable bonds is 12. The second kappa shape index (κ2) is 13.2. The molecule has 3 rings (SSSR count). The van der Waals surface area contributed by atoms with E-state index in [1.807, 2.05) is 26.0 Å². The van der Waals surface area contributed by atoms with Gasteiger partial charge >= 0.3 is 5.97 Å². The van der Waals surface area contributed by atoms with Crippen LogP contribution in [0.3, 0.4) is 0 Å². The van der Waals surface area contributed by atoms with Gasteiger partial charge in [0.1, 0.15) is 5.92 Å². The summed E-state index contributed by atoms with van der Waals surface area (Å²) in [5.41, 5.74) is 1.85. The SMILES string of the molecule is CCOC(=O)C(CC(C)C)C(=O)Nc1ccc(Cn2cc(CNS(=O)(=O)c3ccc(Cl)c(Cl)c3)nn2)cc1. The van der Waals surface area contributed by atoms with E-state index in [2.05, 4.69) is 20.4 Å². The summed E-state index contributed by atoms with van der Waals surface area (Å²) in [5.74, 6) is -1.67. The summed E-state index contributed by atoms with van der Waals surface area (Å²) >= 11 is 11.8. The van der Waals surface area contributed by atoms with Crippen molar-refractivity contribution in [1.82, 2.24) is 19.7 Å². The first-order valence-electron chi connectivity index (χ1n) is 11.9. The molecular weight excluding hydrogens is 553 g/mol. The quantitative estimate of drug-likeness (QED) is 0.241. The molecule has 0 fully saturated rings. The lowest BCUT2D eigenvalue weighted by Gasteiger charge is -2.17. The molecule has 1 amide bonds. The van der Waals surface area contributed by atoms with E-state index in [-0.39, 0.29) is 34.0 Å². The third-order valence-corrected chi connectivity index (χ3v) is 7.53. The second-order valence-electron chi connectivity index (χ2n) is 8.93. The summed E-state index contributed by atoms with van der Waals surface area (Å²) in [5, 5.41) is 11.2. The third-order valence-electron chi connectivity index (χ3n) is 5.39. The molecule has 0 aliphatic heterocycles. The zero-order valence-corrected chi connectivity index (χ0v) is 23.5. The highest BCUT2D eigenvalue weighted by atomic mass is 35.5. The number of aromatic nitrogens is 3. The Morgan fingerprint density at radius 1 is 1.08 bits per heavy atom. The Hall–Kier alpha value is -2.99. The predicted molar refractivity (Wildman–Crippen MR) is 144 cm³/mol. The van der Waals surface area contributed by atoms with Crippen molar-refractivity contribution in [3.63, 3.8) is 0 Å². The molecule has 0 aliphatic rings. The average Bonchev–Trinajstić information content (AvgIpc) is 3.31. The first-order chi connectivity index (χ1) is 18.0. The van der Waals surface area contributed by atoms with Gasteiger partial charge in [-0.05, 0) is 55.2 Å². The number of amides is 1. The van der Waals surface area contributed by atoms with Crippen LogP contribution in [0.15, 0.2) is 53.6 Å². The monoisotopic (exact) mass is 581 g/mol. The Kier molecular flexibility index (Phi) is 10.3. The van der Waals surface area contributed by atoms with Crippen molar-refractivity contribution in [1.29, 1.82) is 0 Å². The van der Waals surface area contributed by atoms with Crippen molar-refractivity contribution in [3.8, 4) is 0 Å². The van der Waals surface area contributed by atoms with E-state index in [0.717, 1.165) is 5.56 Å². The number of sulfonamides is 1. The molecule has 1 unspecified atom stereocenters. The van der Waals surface area contributed by atoms with Crippen LogP contribution in [0.5, 0.6) is 0 Å². The molecule has 0 aliphatic carbocycles. The summed E-state index contributed by atoms with van der Waals surface area (Å²) in [6.45, 7) is 6.10. The fourth-order valence-electron chi connectivity index (χ4n) is 3.53. The fraction of sp³-hybridized carbons (Fsp3) is 0.360. The molecule has 10 nitrogen and oxygen atoms in total. The van der Waals surface area contributed by atoms with Gasteiger partial charge in [-0.1, -0.05) is 54.4 Å². The van der Waals surface area contributed by atoms with Crippen molar-refractivity contribution in [2.75, 3.05) is 11.9 Å². The molecule has 2 N–H and O–H groups in total. The highest BCUT2D eigenvalue weighted by Crippen LogP contribution is 2.25. The molecule has 13 heteroatoms. The number of anilines is 1. The van der Waals surface area contributed by atoms with Gasteiger partial charge in [0.25, 0.3) is 0 Å². The molecule has 0 bridgehead atoms. The summed E-state index contributed by atoms with van der Waals surface area (Å²) < 4.78 is 34.1. The average molecular weight is 583 g/mol. The molecular formula is C25H29Cl2N5O5S. The van der Waals surface area contributed by atoms with E-state index in [9.17, 15) is 18.0 Å². The van der Waals surface area contributed by atoms with Crippen LogP contribution in [0.1, 0.15) is 38.4 Å². The van der Waals surface area contributed by atoms with Gasteiger partial charge in [-0.3, -0.25) is 9.59 Å². The van der Waals surface area contributed by atoms with Gasteiger partial charge in [-0.2, -0.15) is 0 Å². The Morgan fingerprint density at radius 3 is 2.42 bits per heavy atom. The maximum Gasteiger partial charge on any atom is 0.318 e. The van der Waals surface area contributed by atoms with Gasteiger partial charge in [-0.15, -0.1) is 5.10 Å². The van der Waals surface area contributed by atoms with E-state index < -0.39 is 27.8 Å². The van der Waals surface area contributed by atoms with Crippen molar-refractivity contribution >= 4 is 50.8 Å². The summed E-state index contributed by atoms with van der Waals surface area (Å²) in [7, 11) is -3.82. The number of halogens is 2. The van der Waals surface area contributed by atoms with Crippen LogP contribution in [0.25, 0.3) is 0 Å². The predicted octanol–water partition coefficient (Wildman–Crippen LogP) is 4.28. The van der Waals surface area contributed by atoms with Gasteiger partial charge in [-0.25, -0.2) is 17.8 Å². The first-order valence-corrected chi connectivity index (χ1v) is 14.1. The minimum Gasteiger partial charge on any atom is -0.465 e. The van der Waals surface area contributed by atoms with Crippen molar-refractivity contribution in [2.24, 2.45) is 11.8 Å². The molecule has 0 saturated heterocycles. The zero-order chi connectivity index (χ0) is 27.9. The van der Waals surface area contributed by atoms with Crippen LogP contribution in [-0.4, -0.2) is 41.9 Å². The minimum atomic E-state index is -3.82. The summed E-state index contributed by atoms with van der Waals surface area (Å²) in [6.07, 6.45) is 2.02. The van der Waals surface area contributed by atoms with Crippen molar-refractivity contribution in [3.05, 3.63) is 70.0 Å². The molecule has 0 spiro atoms. The van der Waals surface area contributed by atoms with Gasteiger partial charge in [0.2, 0.25) is 15.9 Å². The number of hydrogen-bond acceptors (Lipinski definition) is 7. The van der Waals surface area contributed by atoms with E-state index in [1.54, 1.807) is 29.9 Å². The van der Waals surface area contributed by atoms with Crippen LogP contribution in [0.4, 0.5) is 5.69 Å². The maximum atomic E-state index is 12.7. The molecule has 0 saturated carbocycles. The fourth-order valence-corrected chi connectivity index (χ4v) is 4.92. The highest BCUT2D eigenvalue weighted by Gasteiger charge is 2.29. The molecule has 1 aromatic heterocycles. The molecule has 1 heterocycles. The van der Waals surface area contributed by atoms with Crippen LogP contribution in [0, 0.1) is 11.8 Å². The van der Waals surface area contributed by atoms with Crippen LogP contribution < -0.4 is 10.0 Å². The number of carbonyl (C=O) groups excluding carboxylic acids is 2. The largest absolute Gasteiger partial charge is 0.465 e. The van der Waals surface area contributed by atoms with E-state index in [0.29, 0.717) is 24.3 Å². The normalized spacial score (nSPS) is 12.4. The lowest BCUT2D eigenvalue weighted by Crippen LogP contribution is -2.32. The molecule has 1 atom stereocenters. The van der Waals surface area contributed by atoms with E-state index in [1.165, 1.54) is 18.2 Å². The molecule has 204 valence electrons.